The number of rotatable bonds is 6. The number of carbonyl (C=O) groups excluding carboxylic acids is 1. The van der Waals surface area contributed by atoms with Crippen LogP contribution in [0.1, 0.15) is 18.1 Å². The van der Waals surface area contributed by atoms with E-state index in [4.69, 9.17) is 21.1 Å². The summed E-state index contributed by atoms with van der Waals surface area (Å²) < 4.78 is 10.5. The first-order valence-corrected chi connectivity index (χ1v) is 7.84. The first-order valence-electron chi connectivity index (χ1n) is 7.46. The van der Waals surface area contributed by atoms with Crippen molar-refractivity contribution in [1.82, 2.24) is 5.32 Å². The van der Waals surface area contributed by atoms with Crippen molar-refractivity contribution in [1.29, 1.82) is 0 Å². The van der Waals surface area contributed by atoms with E-state index in [2.05, 4.69) is 5.32 Å². The molecule has 126 valence electrons. The number of hydrogen-bond donors (Lipinski definition) is 1. The van der Waals surface area contributed by atoms with Gasteiger partial charge in [0.15, 0.2) is 0 Å². The average molecular weight is 346 g/mol. The molecule has 0 bridgehead atoms. The fraction of sp³-hybridized carbons (Fsp3) is 0.211. The first kappa shape index (κ1) is 17.9. The summed E-state index contributed by atoms with van der Waals surface area (Å²) in [6, 6.07) is 12.9. The van der Waals surface area contributed by atoms with Crippen LogP contribution in [0.15, 0.2) is 48.5 Å². The van der Waals surface area contributed by atoms with E-state index in [0.717, 1.165) is 16.7 Å². The molecule has 0 aliphatic rings. The number of methoxy groups -OCH3 is 2. The van der Waals surface area contributed by atoms with Crippen molar-refractivity contribution >= 4 is 23.1 Å². The van der Waals surface area contributed by atoms with Crippen molar-refractivity contribution in [3.8, 4) is 11.5 Å². The molecule has 4 nitrogen and oxygen atoms in total. The van der Waals surface area contributed by atoms with Gasteiger partial charge in [-0.25, -0.2) is 0 Å². The smallest absolute Gasteiger partial charge is 0.244 e. The summed E-state index contributed by atoms with van der Waals surface area (Å²) in [5.74, 6) is 1.20. The van der Waals surface area contributed by atoms with Crippen LogP contribution in [0.3, 0.4) is 0 Å². The highest BCUT2D eigenvalue weighted by Crippen LogP contribution is 2.29. The summed E-state index contributed by atoms with van der Waals surface area (Å²) in [7, 11) is 3.19. The number of hydrogen-bond acceptors (Lipinski definition) is 3. The number of benzene rings is 2. The molecule has 1 N–H and O–H groups in total. The normalized spacial score (nSPS) is 11.1. The fourth-order valence-corrected chi connectivity index (χ4v) is 2.37. The summed E-state index contributed by atoms with van der Waals surface area (Å²) in [5, 5.41) is 3.53. The standard InChI is InChI=1S/C19H20ClNO3/c1-13(17-9-8-16(23-2)11-18(17)24-3)10-19(22)21-12-14-4-6-15(20)7-5-14/h4-11H,12H2,1-3H3,(H,21,22)/b13-10+. The summed E-state index contributed by atoms with van der Waals surface area (Å²) in [4.78, 5) is 12.1. The van der Waals surface area contributed by atoms with Gasteiger partial charge < -0.3 is 14.8 Å². The molecule has 0 heterocycles. The van der Waals surface area contributed by atoms with Gasteiger partial charge >= 0.3 is 0 Å². The Bertz CT molecular complexity index is 739. The first-order chi connectivity index (χ1) is 11.5. The molecule has 1 amide bonds. The zero-order valence-corrected chi connectivity index (χ0v) is 14.7. The van der Waals surface area contributed by atoms with Crippen LogP contribution in [-0.4, -0.2) is 20.1 Å². The molecule has 0 aromatic heterocycles. The highest BCUT2D eigenvalue weighted by Gasteiger charge is 2.08. The Morgan fingerprint density at radius 2 is 1.83 bits per heavy atom. The molecular weight excluding hydrogens is 326 g/mol. The molecule has 0 aliphatic carbocycles. The van der Waals surface area contributed by atoms with Crippen LogP contribution in [0.2, 0.25) is 5.02 Å². The van der Waals surface area contributed by atoms with Crippen molar-refractivity contribution < 1.29 is 14.3 Å². The Labute approximate surface area is 147 Å². The topological polar surface area (TPSA) is 47.6 Å². The fourth-order valence-electron chi connectivity index (χ4n) is 2.24. The molecule has 0 atom stereocenters. The molecule has 0 radical (unpaired) electrons. The maximum Gasteiger partial charge on any atom is 0.244 e. The average Bonchev–Trinajstić information content (AvgIpc) is 2.60. The number of amides is 1. The van der Waals surface area contributed by atoms with Crippen molar-refractivity contribution in [2.75, 3.05) is 14.2 Å². The van der Waals surface area contributed by atoms with Crippen LogP contribution < -0.4 is 14.8 Å². The van der Waals surface area contributed by atoms with Crippen molar-refractivity contribution in [2.45, 2.75) is 13.5 Å². The Balaban J connectivity index is 2.06. The van der Waals surface area contributed by atoms with Crippen LogP contribution in [-0.2, 0) is 11.3 Å². The lowest BCUT2D eigenvalue weighted by Crippen LogP contribution is -2.20. The van der Waals surface area contributed by atoms with Gasteiger partial charge in [-0.2, -0.15) is 0 Å². The van der Waals surface area contributed by atoms with E-state index in [1.54, 1.807) is 38.5 Å². The van der Waals surface area contributed by atoms with Crippen LogP contribution in [0.5, 0.6) is 11.5 Å². The summed E-state index contributed by atoms with van der Waals surface area (Å²) in [6.45, 7) is 2.31. The summed E-state index contributed by atoms with van der Waals surface area (Å²) in [5.41, 5.74) is 2.64. The monoisotopic (exact) mass is 345 g/mol. The van der Waals surface area contributed by atoms with Gasteiger partial charge in [-0.1, -0.05) is 23.7 Å². The van der Waals surface area contributed by atoms with Crippen LogP contribution >= 0.6 is 11.6 Å². The Morgan fingerprint density at radius 1 is 1.12 bits per heavy atom. The molecule has 0 unspecified atom stereocenters. The van der Waals surface area contributed by atoms with E-state index in [0.29, 0.717) is 23.1 Å². The second-order valence-electron chi connectivity index (χ2n) is 5.24. The largest absolute Gasteiger partial charge is 0.497 e. The minimum atomic E-state index is -0.166. The van der Waals surface area contributed by atoms with Gasteiger partial charge in [-0.15, -0.1) is 0 Å². The molecule has 24 heavy (non-hydrogen) atoms. The molecule has 0 saturated carbocycles. The predicted molar refractivity (Wildman–Crippen MR) is 96.5 cm³/mol. The number of nitrogens with one attached hydrogen (secondary N) is 1. The molecule has 0 spiro atoms. The lowest BCUT2D eigenvalue weighted by atomic mass is 10.1. The quantitative estimate of drug-likeness (QED) is 0.802. The zero-order chi connectivity index (χ0) is 17.5. The lowest BCUT2D eigenvalue weighted by molar-refractivity contribution is -0.116. The van der Waals surface area contributed by atoms with Crippen molar-refractivity contribution in [3.63, 3.8) is 0 Å². The molecule has 2 aromatic rings. The van der Waals surface area contributed by atoms with Crippen LogP contribution in [0.25, 0.3) is 5.57 Å². The summed E-state index contributed by atoms with van der Waals surface area (Å²) >= 11 is 5.84. The Hall–Kier alpha value is -2.46. The second kappa shape index (κ2) is 8.41. The molecule has 0 saturated heterocycles. The maximum absolute atomic E-state index is 12.1. The molecule has 2 aromatic carbocycles. The molecule has 2 rings (SSSR count). The Kier molecular flexibility index (Phi) is 6.27. The van der Waals surface area contributed by atoms with Gasteiger partial charge in [0.1, 0.15) is 11.5 Å². The third-order valence-corrected chi connectivity index (χ3v) is 3.81. The third-order valence-electron chi connectivity index (χ3n) is 3.56. The minimum absolute atomic E-state index is 0.166. The minimum Gasteiger partial charge on any atom is -0.497 e. The second-order valence-corrected chi connectivity index (χ2v) is 5.67. The number of halogens is 1. The van der Waals surface area contributed by atoms with Crippen molar-refractivity contribution in [2.24, 2.45) is 0 Å². The van der Waals surface area contributed by atoms with E-state index >= 15 is 0 Å². The SMILES string of the molecule is COc1ccc(/C(C)=C/C(=O)NCc2ccc(Cl)cc2)c(OC)c1. The van der Waals surface area contributed by atoms with Gasteiger partial charge in [0.2, 0.25) is 5.91 Å². The highest BCUT2D eigenvalue weighted by atomic mass is 35.5. The van der Waals surface area contributed by atoms with Crippen LogP contribution in [0, 0.1) is 0 Å². The van der Waals surface area contributed by atoms with Gasteiger partial charge in [0.25, 0.3) is 0 Å². The number of carbonyl (C=O) groups is 1. The van der Waals surface area contributed by atoms with E-state index in [1.165, 1.54) is 0 Å². The molecular formula is C19H20ClNO3. The maximum atomic E-state index is 12.1. The third kappa shape index (κ3) is 4.77. The van der Waals surface area contributed by atoms with Crippen molar-refractivity contribution in [3.05, 3.63) is 64.7 Å². The molecule has 0 aliphatic heterocycles. The predicted octanol–water partition coefficient (Wildman–Crippen LogP) is 4.08. The van der Waals surface area contributed by atoms with E-state index in [1.807, 2.05) is 31.2 Å². The lowest BCUT2D eigenvalue weighted by Gasteiger charge is -2.11. The van der Waals surface area contributed by atoms with Crippen LogP contribution in [0.4, 0.5) is 0 Å². The van der Waals surface area contributed by atoms with E-state index in [-0.39, 0.29) is 5.91 Å². The van der Waals surface area contributed by atoms with Gasteiger partial charge in [0, 0.05) is 29.3 Å². The summed E-state index contributed by atoms with van der Waals surface area (Å²) in [6.07, 6.45) is 1.56. The highest BCUT2D eigenvalue weighted by molar-refractivity contribution is 6.30. The number of allylic oxidation sites excluding steroid dienone is 1. The molecule has 0 fully saturated rings. The molecule has 5 heteroatoms. The van der Waals surface area contributed by atoms with E-state index in [9.17, 15) is 4.79 Å². The van der Waals surface area contributed by atoms with E-state index < -0.39 is 0 Å². The number of ether oxygens (including phenoxy) is 2. The van der Waals surface area contributed by atoms with Gasteiger partial charge in [-0.3, -0.25) is 4.79 Å². The van der Waals surface area contributed by atoms with Gasteiger partial charge in [0.05, 0.1) is 14.2 Å². The zero-order valence-electron chi connectivity index (χ0n) is 13.9. The Morgan fingerprint density at radius 3 is 2.46 bits per heavy atom. The van der Waals surface area contributed by atoms with Gasteiger partial charge in [-0.05, 0) is 42.3 Å².